The van der Waals surface area contributed by atoms with Crippen LogP contribution in [-0.2, 0) is 6.54 Å². The highest BCUT2D eigenvalue weighted by molar-refractivity contribution is 7.17. The molecule has 0 bridgehead atoms. The van der Waals surface area contributed by atoms with Gasteiger partial charge in [-0.05, 0) is 28.5 Å². The highest BCUT2D eigenvalue weighted by Gasteiger charge is 2.12. The van der Waals surface area contributed by atoms with Crippen molar-refractivity contribution in [1.29, 1.82) is 0 Å². The van der Waals surface area contributed by atoms with Crippen molar-refractivity contribution in [3.8, 4) is 10.6 Å². The van der Waals surface area contributed by atoms with E-state index in [0.29, 0.717) is 17.1 Å². The molecule has 2 heterocycles. The van der Waals surface area contributed by atoms with E-state index in [1.54, 1.807) is 22.3 Å². The molecule has 4 aromatic rings. The Morgan fingerprint density at radius 3 is 2.84 bits per heavy atom. The third kappa shape index (κ3) is 3.02. The van der Waals surface area contributed by atoms with Crippen LogP contribution in [0.4, 0.5) is 0 Å². The molecule has 0 spiro atoms. The lowest BCUT2D eigenvalue weighted by Gasteiger charge is -2.05. The topological polar surface area (TPSA) is 80.0 Å². The van der Waals surface area contributed by atoms with Gasteiger partial charge in [-0.2, -0.15) is 0 Å². The van der Waals surface area contributed by atoms with Gasteiger partial charge in [0.2, 0.25) is 0 Å². The van der Waals surface area contributed by atoms with Gasteiger partial charge >= 0.3 is 0 Å². The molecule has 124 valence electrons. The summed E-state index contributed by atoms with van der Waals surface area (Å²) in [5, 5.41) is 19.5. The van der Waals surface area contributed by atoms with Gasteiger partial charge in [0.05, 0.1) is 22.5 Å². The van der Waals surface area contributed by atoms with E-state index in [9.17, 15) is 4.79 Å². The Hall–Kier alpha value is -3.03. The molecule has 2 N–H and O–H groups in total. The van der Waals surface area contributed by atoms with Gasteiger partial charge in [0.1, 0.15) is 5.69 Å². The van der Waals surface area contributed by atoms with Crippen molar-refractivity contribution < 1.29 is 10.0 Å². The number of nitrogens with zero attached hydrogens (tertiary/aromatic N) is 3. The minimum absolute atomic E-state index is 0.418. The summed E-state index contributed by atoms with van der Waals surface area (Å²) in [7, 11) is 0. The minimum Gasteiger partial charge on any atom is -0.288 e. The van der Waals surface area contributed by atoms with Gasteiger partial charge in [-0.15, -0.1) is 16.4 Å². The predicted molar refractivity (Wildman–Crippen MR) is 95.6 cm³/mol. The number of benzene rings is 2. The lowest BCUT2D eigenvalue weighted by molar-refractivity contribution is 0.0711. The summed E-state index contributed by atoms with van der Waals surface area (Å²) in [6.45, 7) is 0.615. The average molecular weight is 350 g/mol. The van der Waals surface area contributed by atoms with E-state index in [0.717, 1.165) is 4.88 Å². The molecule has 2 aromatic heterocycles. The Morgan fingerprint density at radius 1 is 1.12 bits per heavy atom. The maximum atomic E-state index is 11.4. The molecule has 25 heavy (non-hydrogen) atoms. The first-order valence-corrected chi connectivity index (χ1v) is 8.47. The van der Waals surface area contributed by atoms with Crippen LogP contribution < -0.4 is 5.48 Å². The second kappa shape index (κ2) is 6.46. The predicted octanol–water partition coefficient (Wildman–Crippen LogP) is 3.33. The van der Waals surface area contributed by atoms with E-state index in [2.05, 4.69) is 34.6 Å². The Kier molecular flexibility index (Phi) is 4.01. The quantitative estimate of drug-likeness (QED) is 0.437. The first kappa shape index (κ1) is 15.5. The van der Waals surface area contributed by atoms with Crippen molar-refractivity contribution in [3.05, 3.63) is 71.2 Å². The number of carbonyl (C=O) groups is 1. The van der Waals surface area contributed by atoms with E-state index < -0.39 is 5.91 Å². The molecule has 2 aromatic carbocycles. The molecule has 6 nitrogen and oxygen atoms in total. The molecule has 0 atom stereocenters. The van der Waals surface area contributed by atoms with E-state index >= 15 is 0 Å². The number of rotatable bonds is 4. The number of carbonyl (C=O) groups excluding carboxylic acids is 1. The number of hydrogen-bond acceptors (Lipinski definition) is 5. The SMILES string of the molecule is O=C(NO)c1ccc(-c2cn(Cc3cccc4ccccc34)nn2)s1. The summed E-state index contributed by atoms with van der Waals surface area (Å²) in [5.74, 6) is -0.528. The maximum Gasteiger partial charge on any atom is 0.284 e. The van der Waals surface area contributed by atoms with E-state index in [1.165, 1.54) is 27.7 Å². The monoisotopic (exact) mass is 350 g/mol. The second-order valence-electron chi connectivity index (χ2n) is 5.54. The summed E-state index contributed by atoms with van der Waals surface area (Å²) in [5.41, 5.74) is 3.50. The summed E-state index contributed by atoms with van der Waals surface area (Å²) >= 11 is 1.25. The van der Waals surface area contributed by atoms with Crippen molar-refractivity contribution in [2.24, 2.45) is 0 Å². The molecular formula is C18H14N4O2S. The molecule has 0 saturated heterocycles. The van der Waals surface area contributed by atoms with E-state index in [1.807, 2.05) is 24.4 Å². The zero-order valence-electron chi connectivity index (χ0n) is 13.1. The number of nitrogens with one attached hydrogen (secondary N) is 1. The number of thiophene rings is 1. The van der Waals surface area contributed by atoms with Crippen LogP contribution in [0.2, 0.25) is 0 Å². The molecule has 0 aliphatic carbocycles. The Morgan fingerprint density at radius 2 is 1.96 bits per heavy atom. The van der Waals surface area contributed by atoms with Crippen LogP contribution in [0, 0.1) is 0 Å². The van der Waals surface area contributed by atoms with Crippen molar-refractivity contribution >= 4 is 28.0 Å². The van der Waals surface area contributed by atoms with Crippen LogP contribution in [0.5, 0.6) is 0 Å². The number of hydroxylamine groups is 1. The summed E-state index contributed by atoms with van der Waals surface area (Å²) in [4.78, 5) is 12.7. The first-order chi connectivity index (χ1) is 12.2. The Balaban J connectivity index is 1.61. The van der Waals surface area contributed by atoms with Gasteiger partial charge < -0.3 is 0 Å². The van der Waals surface area contributed by atoms with Gasteiger partial charge in [0.15, 0.2) is 0 Å². The lowest BCUT2D eigenvalue weighted by atomic mass is 10.0. The molecular weight excluding hydrogens is 336 g/mol. The van der Waals surface area contributed by atoms with Crippen molar-refractivity contribution in [2.45, 2.75) is 6.54 Å². The molecule has 0 unspecified atom stereocenters. The lowest BCUT2D eigenvalue weighted by Crippen LogP contribution is -2.16. The van der Waals surface area contributed by atoms with Crippen LogP contribution in [0.1, 0.15) is 15.2 Å². The Bertz CT molecular complexity index is 1050. The van der Waals surface area contributed by atoms with Gasteiger partial charge in [-0.3, -0.25) is 10.0 Å². The molecule has 0 saturated carbocycles. The van der Waals surface area contributed by atoms with Crippen LogP contribution in [0.25, 0.3) is 21.3 Å². The number of fused-ring (bicyclic) bond motifs is 1. The highest BCUT2D eigenvalue weighted by Crippen LogP contribution is 2.26. The van der Waals surface area contributed by atoms with Crippen molar-refractivity contribution in [2.75, 3.05) is 0 Å². The largest absolute Gasteiger partial charge is 0.288 e. The number of aromatic nitrogens is 3. The smallest absolute Gasteiger partial charge is 0.284 e. The maximum absolute atomic E-state index is 11.4. The number of amides is 1. The molecule has 0 fully saturated rings. The molecule has 0 radical (unpaired) electrons. The zero-order chi connectivity index (χ0) is 17.2. The van der Waals surface area contributed by atoms with E-state index in [-0.39, 0.29) is 0 Å². The highest BCUT2D eigenvalue weighted by atomic mass is 32.1. The van der Waals surface area contributed by atoms with Gasteiger partial charge in [0.25, 0.3) is 5.91 Å². The fraction of sp³-hybridized carbons (Fsp3) is 0.0556. The standard InChI is InChI=1S/C18H14N4O2S/c23-18(20-24)17-9-8-16(25-17)15-11-22(21-19-15)10-13-6-3-5-12-4-1-2-7-14(12)13/h1-9,11,24H,10H2,(H,20,23). The van der Waals surface area contributed by atoms with Crippen LogP contribution >= 0.6 is 11.3 Å². The van der Waals surface area contributed by atoms with Crippen molar-refractivity contribution in [3.63, 3.8) is 0 Å². The fourth-order valence-corrected chi connectivity index (χ4v) is 3.59. The first-order valence-electron chi connectivity index (χ1n) is 7.66. The minimum atomic E-state index is -0.528. The summed E-state index contributed by atoms with van der Waals surface area (Å²) in [6.07, 6.45) is 1.86. The van der Waals surface area contributed by atoms with Crippen LogP contribution in [-0.4, -0.2) is 26.1 Å². The molecule has 4 rings (SSSR count). The van der Waals surface area contributed by atoms with Crippen LogP contribution in [0.15, 0.2) is 60.8 Å². The fourth-order valence-electron chi connectivity index (χ4n) is 2.75. The zero-order valence-corrected chi connectivity index (χ0v) is 13.9. The molecule has 7 heteroatoms. The summed E-state index contributed by atoms with van der Waals surface area (Å²) in [6, 6.07) is 17.9. The second-order valence-corrected chi connectivity index (χ2v) is 6.63. The van der Waals surface area contributed by atoms with Crippen molar-refractivity contribution in [1.82, 2.24) is 20.5 Å². The normalized spacial score (nSPS) is 10.9. The van der Waals surface area contributed by atoms with Crippen LogP contribution in [0.3, 0.4) is 0 Å². The Labute approximate surface area is 147 Å². The summed E-state index contributed by atoms with van der Waals surface area (Å²) < 4.78 is 1.78. The molecule has 1 amide bonds. The molecule has 0 aliphatic rings. The van der Waals surface area contributed by atoms with E-state index in [4.69, 9.17) is 5.21 Å². The van der Waals surface area contributed by atoms with Gasteiger partial charge in [0, 0.05) is 0 Å². The van der Waals surface area contributed by atoms with Gasteiger partial charge in [-0.1, -0.05) is 47.7 Å². The average Bonchev–Trinajstić information content (AvgIpc) is 3.31. The van der Waals surface area contributed by atoms with Gasteiger partial charge in [-0.25, -0.2) is 10.2 Å². The number of hydrogen-bond donors (Lipinski definition) is 2. The third-order valence-electron chi connectivity index (χ3n) is 3.93. The third-order valence-corrected chi connectivity index (χ3v) is 5.04. The molecule has 0 aliphatic heterocycles.